The summed E-state index contributed by atoms with van der Waals surface area (Å²) in [6.07, 6.45) is -0.113. The molecule has 3 aromatic rings. The Kier molecular flexibility index (Phi) is 5.31. The minimum Gasteiger partial charge on any atom is -0.422 e. The Morgan fingerprint density at radius 1 is 1.14 bits per heavy atom. The van der Waals surface area contributed by atoms with Crippen LogP contribution in [0.15, 0.2) is 51.7 Å². The van der Waals surface area contributed by atoms with Gasteiger partial charge in [0.25, 0.3) is 0 Å². The molecule has 4 rings (SSSR count). The Bertz CT molecular complexity index is 1100. The van der Waals surface area contributed by atoms with E-state index in [9.17, 15) is 14.0 Å². The van der Waals surface area contributed by atoms with E-state index in [-0.39, 0.29) is 5.82 Å². The van der Waals surface area contributed by atoms with Crippen LogP contribution in [0.25, 0.3) is 11.0 Å². The van der Waals surface area contributed by atoms with Crippen molar-refractivity contribution in [2.45, 2.75) is 13.3 Å². The highest BCUT2D eigenvalue weighted by molar-refractivity contribution is 5.83. The number of nitrogens with zero attached hydrogens (tertiary/aromatic N) is 1. The number of carbonyl (C=O) groups is 1. The van der Waals surface area contributed by atoms with Gasteiger partial charge in [-0.1, -0.05) is 12.1 Å². The van der Waals surface area contributed by atoms with E-state index < -0.39 is 11.7 Å². The molecule has 1 aromatic heterocycles. The van der Waals surface area contributed by atoms with Crippen molar-refractivity contribution >= 4 is 17.1 Å². The van der Waals surface area contributed by atoms with Crippen LogP contribution in [-0.2, 0) is 11.2 Å². The number of hydrogen-bond acceptors (Lipinski definition) is 5. The van der Waals surface area contributed by atoms with Crippen LogP contribution in [-0.4, -0.2) is 37.3 Å². The standard InChI is InChI=1S/C22H20FNO5/c1-14-18-7-6-17(28-22(26)24-8-10-27-11-9-24)13-20(18)29-21(25)19(14)12-15-2-4-16(23)5-3-15/h2-7,13H,8-12H2,1H3. The molecule has 150 valence electrons. The van der Waals surface area contributed by atoms with Crippen LogP contribution in [0.3, 0.4) is 0 Å². The van der Waals surface area contributed by atoms with Crippen LogP contribution in [0.4, 0.5) is 9.18 Å². The number of aryl methyl sites for hydroxylation is 1. The van der Waals surface area contributed by atoms with Gasteiger partial charge in [0.1, 0.15) is 17.1 Å². The molecular formula is C22H20FNO5. The SMILES string of the molecule is Cc1c(Cc2ccc(F)cc2)c(=O)oc2cc(OC(=O)N3CCOCC3)ccc12. The first kappa shape index (κ1) is 19.1. The van der Waals surface area contributed by atoms with E-state index >= 15 is 0 Å². The van der Waals surface area contributed by atoms with E-state index in [1.54, 1.807) is 35.2 Å². The van der Waals surface area contributed by atoms with Crippen molar-refractivity contribution in [2.24, 2.45) is 0 Å². The summed E-state index contributed by atoms with van der Waals surface area (Å²) in [7, 11) is 0. The number of carbonyl (C=O) groups excluding carboxylic acids is 1. The molecule has 0 spiro atoms. The average Bonchev–Trinajstić information content (AvgIpc) is 2.73. The zero-order chi connectivity index (χ0) is 20.4. The van der Waals surface area contributed by atoms with Crippen LogP contribution < -0.4 is 10.4 Å². The Morgan fingerprint density at radius 3 is 2.59 bits per heavy atom. The first-order valence-corrected chi connectivity index (χ1v) is 9.36. The monoisotopic (exact) mass is 397 g/mol. The van der Waals surface area contributed by atoms with Gasteiger partial charge in [0, 0.05) is 36.5 Å². The lowest BCUT2D eigenvalue weighted by atomic mass is 9.99. The number of amides is 1. The molecule has 29 heavy (non-hydrogen) atoms. The van der Waals surface area contributed by atoms with Crippen molar-refractivity contribution in [3.8, 4) is 5.75 Å². The molecule has 1 fully saturated rings. The largest absolute Gasteiger partial charge is 0.422 e. The van der Waals surface area contributed by atoms with E-state index in [1.165, 1.54) is 12.1 Å². The van der Waals surface area contributed by atoms with Gasteiger partial charge >= 0.3 is 11.7 Å². The molecule has 0 radical (unpaired) electrons. The van der Waals surface area contributed by atoms with Crippen molar-refractivity contribution in [2.75, 3.05) is 26.3 Å². The van der Waals surface area contributed by atoms with E-state index in [0.29, 0.717) is 49.6 Å². The number of rotatable bonds is 3. The fourth-order valence-electron chi connectivity index (χ4n) is 3.36. The minimum atomic E-state index is -0.462. The molecule has 0 bridgehead atoms. The molecule has 0 N–H and O–H groups in total. The van der Waals surface area contributed by atoms with Gasteiger partial charge in [-0.05, 0) is 42.3 Å². The Labute approximate surface area is 166 Å². The summed E-state index contributed by atoms with van der Waals surface area (Å²) in [6, 6.07) is 11.0. The van der Waals surface area contributed by atoms with Gasteiger partial charge in [0.15, 0.2) is 0 Å². The molecule has 2 heterocycles. The highest BCUT2D eigenvalue weighted by atomic mass is 19.1. The van der Waals surface area contributed by atoms with Gasteiger partial charge in [-0.2, -0.15) is 0 Å². The Balaban J connectivity index is 1.60. The summed E-state index contributed by atoms with van der Waals surface area (Å²) in [5, 5.41) is 0.757. The van der Waals surface area contributed by atoms with Crippen LogP contribution in [0.1, 0.15) is 16.7 Å². The molecule has 2 aromatic carbocycles. The third kappa shape index (κ3) is 4.14. The Morgan fingerprint density at radius 2 is 1.86 bits per heavy atom. The maximum atomic E-state index is 13.1. The first-order chi connectivity index (χ1) is 14.0. The molecule has 7 heteroatoms. The van der Waals surface area contributed by atoms with Crippen LogP contribution >= 0.6 is 0 Å². The molecule has 0 aliphatic carbocycles. The fraction of sp³-hybridized carbons (Fsp3) is 0.273. The maximum Gasteiger partial charge on any atom is 0.415 e. The molecule has 0 unspecified atom stereocenters. The third-order valence-corrected chi connectivity index (χ3v) is 5.03. The predicted octanol–water partition coefficient (Wildman–Crippen LogP) is 3.66. The second-order valence-corrected chi connectivity index (χ2v) is 6.92. The summed E-state index contributed by atoms with van der Waals surface area (Å²) in [5.41, 5.74) is 2.00. The lowest BCUT2D eigenvalue weighted by Gasteiger charge is -2.25. The van der Waals surface area contributed by atoms with Crippen LogP contribution in [0, 0.1) is 12.7 Å². The van der Waals surface area contributed by atoms with Gasteiger partial charge in [0.05, 0.1) is 13.2 Å². The molecule has 1 aliphatic rings. The maximum absolute atomic E-state index is 13.1. The average molecular weight is 397 g/mol. The molecular weight excluding hydrogens is 377 g/mol. The molecule has 1 aliphatic heterocycles. The fourth-order valence-corrected chi connectivity index (χ4v) is 3.36. The number of morpholine rings is 1. The third-order valence-electron chi connectivity index (χ3n) is 5.03. The van der Waals surface area contributed by atoms with Gasteiger partial charge < -0.3 is 18.8 Å². The van der Waals surface area contributed by atoms with Crippen molar-refractivity contribution < 1.29 is 23.1 Å². The number of fused-ring (bicyclic) bond motifs is 1. The van der Waals surface area contributed by atoms with Crippen molar-refractivity contribution in [1.82, 2.24) is 4.90 Å². The van der Waals surface area contributed by atoms with Crippen molar-refractivity contribution in [1.29, 1.82) is 0 Å². The van der Waals surface area contributed by atoms with Crippen molar-refractivity contribution in [3.05, 3.63) is 75.4 Å². The summed E-state index contributed by atoms with van der Waals surface area (Å²) < 4.78 is 29.2. The number of hydrogen-bond donors (Lipinski definition) is 0. The van der Waals surface area contributed by atoms with E-state index in [1.807, 2.05) is 6.92 Å². The molecule has 0 atom stereocenters. The Hall–Kier alpha value is -3.19. The summed E-state index contributed by atoms with van der Waals surface area (Å²) >= 11 is 0. The minimum absolute atomic E-state index is 0.308. The summed E-state index contributed by atoms with van der Waals surface area (Å²) in [4.78, 5) is 26.4. The van der Waals surface area contributed by atoms with Crippen LogP contribution in [0.2, 0.25) is 0 Å². The van der Waals surface area contributed by atoms with Gasteiger partial charge in [-0.3, -0.25) is 0 Å². The lowest BCUT2D eigenvalue weighted by molar-refractivity contribution is 0.0416. The van der Waals surface area contributed by atoms with Gasteiger partial charge in [0.2, 0.25) is 0 Å². The quantitative estimate of drug-likeness (QED) is 0.631. The van der Waals surface area contributed by atoms with E-state index in [2.05, 4.69) is 0 Å². The molecule has 0 saturated carbocycles. The van der Waals surface area contributed by atoms with E-state index in [4.69, 9.17) is 13.9 Å². The van der Waals surface area contributed by atoms with Crippen molar-refractivity contribution in [3.63, 3.8) is 0 Å². The predicted molar refractivity (Wildman–Crippen MR) is 105 cm³/mol. The summed E-state index contributed by atoms with van der Waals surface area (Å²) in [5.74, 6) is -0.0157. The molecule has 1 saturated heterocycles. The van der Waals surface area contributed by atoms with Gasteiger partial charge in [-0.15, -0.1) is 0 Å². The van der Waals surface area contributed by atoms with E-state index in [0.717, 1.165) is 16.5 Å². The van der Waals surface area contributed by atoms with Crippen LogP contribution in [0.5, 0.6) is 5.75 Å². The van der Waals surface area contributed by atoms with Gasteiger partial charge in [-0.25, -0.2) is 14.0 Å². The normalized spacial score (nSPS) is 14.2. The highest BCUT2D eigenvalue weighted by Gasteiger charge is 2.19. The topological polar surface area (TPSA) is 69.0 Å². The smallest absolute Gasteiger partial charge is 0.415 e. The molecule has 1 amide bonds. The number of halogens is 1. The number of benzene rings is 2. The second kappa shape index (κ2) is 8.05. The molecule has 6 nitrogen and oxygen atoms in total. The number of ether oxygens (including phenoxy) is 2. The summed E-state index contributed by atoms with van der Waals surface area (Å²) in [6.45, 7) is 3.77. The highest BCUT2D eigenvalue weighted by Crippen LogP contribution is 2.25. The second-order valence-electron chi connectivity index (χ2n) is 6.92. The lowest BCUT2D eigenvalue weighted by Crippen LogP contribution is -2.42. The zero-order valence-electron chi connectivity index (χ0n) is 15.9. The zero-order valence-corrected chi connectivity index (χ0v) is 15.9. The first-order valence-electron chi connectivity index (χ1n) is 9.36.